The number of carbonyl (C=O) groups is 2. The van der Waals surface area contributed by atoms with Crippen LogP contribution in [0.15, 0.2) is 24.3 Å². The van der Waals surface area contributed by atoms with Crippen molar-refractivity contribution in [3.05, 3.63) is 29.8 Å². The van der Waals surface area contributed by atoms with Gasteiger partial charge in [-0.1, -0.05) is 39.8 Å². The molecule has 1 N–H and O–H groups in total. The SMILES string of the molecule is CC(C)COC(=O)CC(C#N)(CC(=O)OCC(C)C)c1ccc(O)cc1. The third-order valence-corrected chi connectivity index (χ3v) is 3.68. The van der Waals surface area contributed by atoms with Crippen LogP contribution in [0.4, 0.5) is 0 Å². The van der Waals surface area contributed by atoms with E-state index in [0.717, 1.165) is 0 Å². The molecule has 0 radical (unpaired) electrons. The van der Waals surface area contributed by atoms with E-state index in [1.54, 1.807) is 0 Å². The molecule has 0 bridgehead atoms. The number of hydrogen-bond acceptors (Lipinski definition) is 6. The average Bonchev–Trinajstić information content (AvgIpc) is 2.58. The highest BCUT2D eigenvalue weighted by Gasteiger charge is 2.39. The van der Waals surface area contributed by atoms with Gasteiger partial charge >= 0.3 is 11.9 Å². The van der Waals surface area contributed by atoms with E-state index >= 15 is 0 Å². The molecule has 1 aromatic carbocycles. The minimum atomic E-state index is -1.41. The van der Waals surface area contributed by atoms with Crippen molar-refractivity contribution >= 4 is 11.9 Å². The molecule has 6 nitrogen and oxygen atoms in total. The summed E-state index contributed by atoms with van der Waals surface area (Å²) in [5, 5.41) is 19.3. The quantitative estimate of drug-likeness (QED) is 0.678. The number of aromatic hydroxyl groups is 1. The van der Waals surface area contributed by atoms with E-state index in [4.69, 9.17) is 9.47 Å². The van der Waals surface area contributed by atoms with Crippen LogP contribution in [-0.4, -0.2) is 30.3 Å². The van der Waals surface area contributed by atoms with E-state index in [-0.39, 0.29) is 43.6 Å². The zero-order chi connectivity index (χ0) is 19.7. The number of nitrogens with zero attached hydrogens (tertiary/aromatic N) is 1. The molecule has 0 unspecified atom stereocenters. The lowest BCUT2D eigenvalue weighted by atomic mass is 9.76. The van der Waals surface area contributed by atoms with E-state index in [0.29, 0.717) is 5.56 Å². The van der Waals surface area contributed by atoms with Crippen LogP contribution in [0.2, 0.25) is 0 Å². The molecule has 0 aliphatic heterocycles. The molecule has 26 heavy (non-hydrogen) atoms. The number of phenols is 1. The maximum absolute atomic E-state index is 12.2. The Labute approximate surface area is 154 Å². The van der Waals surface area contributed by atoms with Crippen molar-refractivity contribution < 1.29 is 24.2 Å². The summed E-state index contributed by atoms with van der Waals surface area (Å²) in [5.74, 6) is -0.736. The van der Waals surface area contributed by atoms with E-state index in [9.17, 15) is 20.0 Å². The number of phenolic OH excluding ortho intramolecular Hbond substituents is 1. The lowest BCUT2D eigenvalue weighted by molar-refractivity contribution is -0.148. The number of rotatable bonds is 9. The van der Waals surface area contributed by atoms with Gasteiger partial charge in [-0.3, -0.25) is 9.59 Å². The first-order chi connectivity index (χ1) is 12.2. The van der Waals surface area contributed by atoms with Gasteiger partial charge in [0, 0.05) is 0 Å². The molecule has 0 aromatic heterocycles. The Morgan fingerprint density at radius 3 is 1.77 bits per heavy atom. The van der Waals surface area contributed by atoms with Gasteiger partial charge in [0.25, 0.3) is 0 Å². The van der Waals surface area contributed by atoms with Crippen LogP contribution in [0.5, 0.6) is 5.75 Å². The second kappa shape index (κ2) is 9.81. The molecule has 0 saturated heterocycles. The maximum atomic E-state index is 12.2. The second-order valence-electron chi connectivity index (χ2n) is 7.25. The van der Waals surface area contributed by atoms with Crippen LogP contribution >= 0.6 is 0 Å². The van der Waals surface area contributed by atoms with Crippen LogP contribution in [0.1, 0.15) is 46.1 Å². The zero-order valence-electron chi connectivity index (χ0n) is 15.8. The van der Waals surface area contributed by atoms with Crippen molar-refractivity contribution in [2.75, 3.05) is 13.2 Å². The average molecular weight is 361 g/mol. The lowest BCUT2D eigenvalue weighted by Crippen LogP contribution is -2.33. The normalized spacial score (nSPS) is 11.3. The van der Waals surface area contributed by atoms with Crippen molar-refractivity contribution in [2.24, 2.45) is 11.8 Å². The largest absolute Gasteiger partial charge is 0.508 e. The Morgan fingerprint density at radius 2 is 1.42 bits per heavy atom. The van der Waals surface area contributed by atoms with Crippen LogP contribution in [0, 0.1) is 23.2 Å². The molecule has 0 spiro atoms. The molecule has 0 amide bonds. The Balaban J connectivity index is 3.05. The van der Waals surface area contributed by atoms with Gasteiger partial charge in [0.1, 0.15) is 11.2 Å². The van der Waals surface area contributed by atoms with Crippen LogP contribution in [0.25, 0.3) is 0 Å². The van der Waals surface area contributed by atoms with Gasteiger partial charge < -0.3 is 14.6 Å². The molecule has 142 valence electrons. The number of carbonyl (C=O) groups excluding carboxylic acids is 2. The number of nitriles is 1. The summed E-state index contributed by atoms with van der Waals surface area (Å²) >= 11 is 0. The predicted molar refractivity (Wildman–Crippen MR) is 96.2 cm³/mol. The van der Waals surface area contributed by atoms with Gasteiger partial charge in [-0.05, 0) is 29.5 Å². The molecule has 1 aromatic rings. The highest BCUT2D eigenvalue weighted by molar-refractivity contribution is 5.77. The fraction of sp³-hybridized carbons (Fsp3) is 0.550. The summed E-state index contributed by atoms with van der Waals surface area (Å²) in [7, 11) is 0. The van der Waals surface area contributed by atoms with Gasteiger partial charge in [0.05, 0.1) is 32.1 Å². The third-order valence-electron chi connectivity index (χ3n) is 3.68. The minimum Gasteiger partial charge on any atom is -0.508 e. The van der Waals surface area contributed by atoms with Gasteiger partial charge in [-0.15, -0.1) is 0 Å². The summed E-state index contributed by atoms with van der Waals surface area (Å²) in [6.07, 6.45) is -0.532. The zero-order valence-corrected chi connectivity index (χ0v) is 15.8. The number of hydrogen-bond donors (Lipinski definition) is 1. The third kappa shape index (κ3) is 6.75. The summed E-state index contributed by atoms with van der Waals surface area (Å²) < 4.78 is 10.4. The molecular weight excluding hydrogens is 334 g/mol. The number of ether oxygens (including phenoxy) is 2. The first kappa shape index (κ1) is 21.5. The second-order valence-corrected chi connectivity index (χ2v) is 7.25. The maximum Gasteiger partial charge on any atom is 0.307 e. The number of esters is 2. The summed E-state index contributed by atoms with van der Waals surface area (Å²) in [6, 6.07) is 8.00. The highest BCUT2D eigenvalue weighted by atomic mass is 16.5. The lowest BCUT2D eigenvalue weighted by Gasteiger charge is -2.26. The van der Waals surface area contributed by atoms with Crippen LogP contribution < -0.4 is 0 Å². The van der Waals surface area contributed by atoms with Crippen molar-refractivity contribution in [3.63, 3.8) is 0 Å². The summed E-state index contributed by atoms with van der Waals surface area (Å²) in [4.78, 5) is 24.5. The Kier molecular flexibility index (Phi) is 8.11. The summed E-state index contributed by atoms with van der Waals surface area (Å²) in [6.45, 7) is 8.13. The molecule has 0 heterocycles. The van der Waals surface area contributed by atoms with Gasteiger partial charge in [0.2, 0.25) is 0 Å². The van der Waals surface area contributed by atoms with Crippen molar-refractivity contribution in [1.82, 2.24) is 0 Å². The van der Waals surface area contributed by atoms with Crippen molar-refractivity contribution in [2.45, 2.75) is 46.0 Å². The standard InChI is InChI=1S/C20H27NO5/c1-14(2)11-25-18(23)9-20(13-21,10-19(24)26-12-15(3)4)16-5-7-17(22)8-6-16/h5-8,14-15,22H,9-12H2,1-4H3. The fourth-order valence-electron chi connectivity index (χ4n) is 2.30. The summed E-state index contributed by atoms with van der Waals surface area (Å²) in [5.41, 5.74) is -0.948. The monoisotopic (exact) mass is 361 g/mol. The van der Waals surface area contributed by atoms with Gasteiger partial charge in [-0.2, -0.15) is 5.26 Å². The molecule has 0 aliphatic rings. The Bertz CT molecular complexity index is 617. The molecule has 0 saturated carbocycles. The van der Waals surface area contributed by atoms with Crippen molar-refractivity contribution in [1.29, 1.82) is 5.26 Å². The molecule has 6 heteroatoms. The van der Waals surface area contributed by atoms with Crippen molar-refractivity contribution in [3.8, 4) is 11.8 Å². The molecular formula is C20H27NO5. The van der Waals surface area contributed by atoms with E-state index in [1.165, 1.54) is 24.3 Å². The molecule has 0 fully saturated rings. The Morgan fingerprint density at radius 1 is 1.00 bits per heavy atom. The highest BCUT2D eigenvalue weighted by Crippen LogP contribution is 2.33. The predicted octanol–water partition coefficient (Wildman–Crippen LogP) is 3.33. The van der Waals surface area contributed by atoms with Gasteiger partial charge in [0.15, 0.2) is 0 Å². The molecule has 0 atom stereocenters. The topological polar surface area (TPSA) is 96.6 Å². The van der Waals surface area contributed by atoms with E-state index in [2.05, 4.69) is 6.07 Å². The molecule has 1 rings (SSSR count). The number of benzene rings is 1. The molecule has 0 aliphatic carbocycles. The fourth-order valence-corrected chi connectivity index (χ4v) is 2.30. The first-order valence-corrected chi connectivity index (χ1v) is 8.70. The smallest absolute Gasteiger partial charge is 0.307 e. The van der Waals surface area contributed by atoms with Crippen LogP contribution in [-0.2, 0) is 24.5 Å². The Hall–Kier alpha value is -2.55. The first-order valence-electron chi connectivity index (χ1n) is 8.70. The minimum absolute atomic E-state index is 0.0327. The van der Waals surface area contributed by atoms with Gasteiger partial charge in [-0.25, -0.2) is 0 Å². The van der Waals surface area contributed by atoms with Crippen LogP contribution in [0.3, 0.4) is 0 Å². The van der Waals surface area contributed by atoms with E-state index in [1.807, 2.05) is 27.7 Å². The van der Waals surface area contributed by atoms with E-state index < -0.39 is 17.4 Å².